The number of anilines is 3. The van der Waals surface area contributed by atoms with E-state index in [4.69, 9.17) is 17.2 Å². The lowest BCUT2D eigenvalue weighted by atomic mass is 9.79. The number of benzene rings is 3. The highest BCUT2D eigenvalue weighted by Gasteiger charge is 2.40. The minimum Gasteiger partial charge on any atom is -0.397 e. The van der Waals surface area contributed by atoms with Gasteiger partial charge in [-0.15, -0.1) is 0 Å². The van der Waals surface area contributed by atoms with Gasteiger partial charge in [0.15, 0.2) is 11.6 Å². The van der Waals surface area contributed by atoms with Crippen LogP contribution in [0, 0.1) is 0 Å². The number of ketones is 2. The number of carbonyl (C=O) groups is 2. The normalized spacial score (nSPS) is 13.8. The molecule has 0 fully saturated rings. The second-order valence-corrected chi connectivity index (χ2v) is 11.9. The monoisotopic (exact) mass is 569 g/mol. The largest absolute Gasteiger partial charge is 0.397 e. The van der Waals surface area contributed by atoms with Crippen LogP contribution in [-0.2, 0) is 30.4 Å². The summed E-state index contributed by atoms with van der Waals surface area (Å²) in [5, 5.41) is 0. The summed E-state index contributed by atoms with van der Waals surface area (Å²) in [5.41, 5.74) is 10.9. The Kier molecular flexibility index (Phi) is 5.71. The Hall–Kier alpha value is -3.87. The molecular formula is C20H15N3O11S3. The number of hydrogen-bond acceptors (Lipinski definition) is 11. The van der Waals surface area contributed by atoms with Crippen molar-refractivity contribution in [3.8, 4) is 11.1 Å². The molecule has 17 heteroatoms. The summed E-state index contributed by atoms with van der Waals surface area (Å²) in [6, 6.07) is 6.52. The van der Waals surface area contributed by atoms with Crippen LogP contribution in [0.3, 0.4) is 0 Å². The molecule has 0 saturated carbocycles. The van der Waals surface area contributed by atoms with Crippen LogP contribution in [0.5, 0.6) is 0 Å². The Balaban J connectivity index is 2.33. The molecule has 0 aliphatic heterocycles. The zero-order valence-electron chi connectivity index (χ0n) is 18.0. The molecule has 0 amide bonds. The van der Waals surface area contributed by atoms with Gasteiger partial charge in [-0.05, 0) is 6.07 Å². The van der Waals surface area contributed by atoms with E-state index >= 15 is 0 Å². The zero-order chi connectivity index (χ0) is 27.8. The number of rotatable bonds is 4. The van der Waals surface area contributed by atoms with E-state index in [1.165, 1.54) is 24.3 Å². The van der Waals surface area contributed by atoms with Gasteiger partial charge in [0, 0.05) is 27.8 Å². The third kappa shape index (κ3) is 3.93. The summed E-state index contributed by atoms with van der Waals surface area (Å²) < 4.78 is 102. The summed E-state index contributed by atoms with van der Waals surface area (Å²) >= 11 is 0. The topological polar surface area (TPSA) is 275 Å². The molecule has 0 saturated heterocycles. The Morgan fingerprint density at radius 2 is 0.973 bits per heavy atom. The van der Waals surface area contributed by atoms with Gasteiger partial charge in [-0.3, -0.25) is 23.2 Å². The lowest BCUT2D eigenvalue weighted by Crippen LogP contribution is -2.26. The van der Waals surface area contributed by atoms with Gasteiger partial charge in [0.2, 0.25) is 0 Å². The Bertz CT molecular complexity index is 1910. The maximum Gasteiger partial charge on any atom is 0.298 e. The van der Waals surface area contributed by atoms with Crippen LogP contribution in [0.15, 0.2) is 51.1 Å². The van der Waals surface area contributed by atoms with Gasteiger partial charge in [0.05, 0.1) is 22.6 Å². The summed E-state index contributed by atoms with van der Waals surface area (Å²) in [6.07, 6.45) is 0. The molecule has 0 heterocycles. The van der Waals surface area contributed by atoms with Crippen LogP contribution in [0.1, 0.15) is 31.8 Å². The average molecular weight is 570 g/mol. The van der Waals surface area contributed by atoms with E-state index in [-0.39, 0.29) is 11.1 Å². The molecule has 1 aliphatic carbocycles. The summed E-state index contributed by atoms with van der Waals surface area (Å²) in [7, 11) is -16.0. The summed E-state index contributed by atoms with van der Waals surface area (Å²) in [6.45, 7) is 0. The molecule has 0 atom stereocenters. The fourth-order valence-electron chi connectivity index (χ4n) is 4.22. The van der Waals surface area contributed by atoms with E-state index in [0.29, 0.717) is 12.1 Å². The lowest BCUT2D eigenvalue weighted by Gasteiger charge is -2.26. The van der Waals surface area contributed by atoms with Crippen molar-refractivity contribution >= 4 is 59.0 Å². The predicted octanol–water partition coefficient (Wildman–Crippen LogP) is 0.616. The number of nitrogen functional groups attached to an aromatic ring is 3. The molecule has 0 bridgehead atoms. The molecule has 0 aromatic heterocycles. The van der Waals surface area contributed by atoms with E-state index in [9.17, 15) is 48.5 Å². The van der Waals surface area contributed by atoms with Gasteiger partial charge in [0.25, 0.3) is 30.4 Å². The Labute approximate surface area is 208 Å². The van der Waals surface area contributed by atoms with Gasteiger partial charge in [-0.1, -0.05) is 30.3 Å². The van der Waals surface area contributed by atoms with Crippen molar-refractivity contribution in [1.29, 1.82) is 0 Å². The lowest BCUT2D eigenvalue weighted by molar-refractivity contribution is 0.0980. The van der Waals surface area contributed by atoms with Gasteiger partial charge >= 0.3 is 0 Å². The fourth-order valence-corrected chi connectivity index (χ4v) is 6.50. The van der Waals surface area contributed by atoms with Crippen molar-refractivity contribution in [3.63, 3.8) is 0 Å². The maximum atomic E-state index is 13.5. The van der Waals surface area contributed by atoms with E-state index in [1.54, 1.807) is 0 Å². The Morgan fingerprint density at radius 1 is 0.514 bits per heavy atom. The van der Waals surface area contributed by atoms with Gasteiger partial charge in [-0.25, -0.2) is 0 Å². The quantitative estimate of drug-likeness (QED) is 0.145. The molecule has 9 N–H and O–H groups in total. The summed E-state index contributed by atoms with van der Waals surface area (Å²) in [5.74, 6) is -1.95. The van der Waals surface area contributed by atoms with Gasteiger partial charge in [-0.2, -0.15) is 25.3 Å². The molecule has 3 aromatic rings. The predicted molar refractivity (Wildman–Crippen MR) is 128 cm³/mol. The molecule has 0 unspecified atom stereocenters. The highest BCUT2D eigenvalue weighted by Crippen LogP contribution is 2.48. The first-order chi connectivity index (χ1) is 16.9. The number of fused-ring (bicyclic) bond motifs is 2. The smallest absolute Gasteiger partial charge is 0.298 e. The van der Waals surface area contributed by atoms with Crippen molar-refractivity contribution < 1.29 is 48.5 Å². The van der Waals surface area contributed by atoms with Crippen molar-refractivity contribution in [1.82, 2.24) is 0 Å². The molecule has 14 nitrogen and oxygen atoms in total. The minimum atomic E-state index is -5.48. The molecule has 0 radical (unpaired) electrons. The average Bonchev–Trinajstić information content (AvgIpc) is 2.74. The minimum absolute atomic E-state index is 0.194. The molecule has 4 rings (SSSR count). The first kappa shape index (κ1) is 26.2. The van der Waals surface area contributed by atoms with Crippen LogP contribution >= 0.6 is 0 Å². The third-order valence-corrected chi connectivity index (χ3v) is 8.44. The van der Waals surface area contributed by atoms with Gasteiger partial charge in [0.1, 0.15) is 14.7 Å². The van der Waals surface area contributed by atoms with E-state index in [0.717, 1.165) is 0 Å². The third-order valence-electron chi connectivity index (χ3n) is 5.62. The highest BCUT2D eigenvalue weighted by atomic mass is 32.2. The van der Waals surface area contributed by atoms with Crippen molar-refractivity contribution in [3.05, 3.63) is 58.7 Å². The maximum absolute atomic E-state index is 13.5. The van der Waals surface area contributed by atoms with Crippen LogP contribution < -0.4 is 17.2 Å². The standard InChI is InChI=1S/C20H15N3O11S3/c21-14-10(35(26,27)28)6-5-9(19(14)36(29,30)31)11-12-13(16(23)20(15(11)22)37(32,33)34)18(25)8-4-2-1-3-7(8)17(12)24/h1-6H,21-23H2,(H,26,27,28)(H,29,30,31)(H,32,33,34). The van der Waals surface area contributed by atoms with Gasteiger partial charge < -0.3 is 17.2 Å². The molecule has 37 heavy (non-hydrogen) atoms. The van der Waals surface area contributed by atoms with Crippen LogP contribution in [0.25, 0.3) is 11.1 Å². The summed E-state index contributed by atoms with van der Waals surface area (Å²) in [4.78, 5) is 23.1. The molecular weight excluding hydrogens is 554 g/mol. The zero-order valence-corrected chi connectivity index (χ0v) is 20.5. The van der Waals surface area contributed by atoms with Crippen molar-refractivity contribution in [2.75, 3.05) is 17.2 Å². The van der Waals surface area contributed by atoms with Crippen LogP contribution in [-0.4, -0.2) is 50.5 Å². The highest BCUT2D eigenvalue weighted by molar-refractivity contribution is 7.87. The first-order valence-corrected chi connectivity index (χ1v) is 14.0. The second-order valence-electron chi connectivity index (χ2n) is 7.76. The van der Waals surface area contributed by atoms with E-state index in [2.05, 4.69) is 0 Å². The van der Waals surface area contributed by atoms with Crippen LogP contribution in [0.2, 0.25) is 0 Å². The van der Waals surface area contributed by atoms with Crippen molar-refractivity contribution in [2.45, 2.75) is 14.7 Å². The Morgan fingerprint density at radius 3 is 1.43 bits per heavy atom. The first-order valence-electron chi connectivity index (χ1n) is 9.67. The molecule has 0 spiro atoms. The molecule has 3 aromatic carbocycles. The van der Waals surface area contributed by atoms with E-state index < -0.39 is 95.9 Å². The van der Waals surface area contributed by atoms with Crippen LogP contribution in [0.4, 0.5) is 17.1 Å². The fraction of sp³-hybridized carbons (Fsp3) is 0. The number of hydrogen-bond donors (Lipinski definition) is 6. The second kappa shape index (κ2) is 8.07. The number of carbonyl (C=O) groups excluding carboxylic acids is 2. The number of nitrogens with two attached hydrogens (primary N) is 3. The molecule has 1 aliphatic rings. The SMILES string of the molecule is Nc1c(S(=O)(=O)O)ccc(-c2c(N)c(S(=O)(=O)O)c(N)c3c2C(=O)c2ccccc2C3=O)c1S(=O)(=O)O. The van der Waals surface area contributed by atoms with E-state index in [1.807, 2.05) is 0 Å². The van der Waals surface area contributed by atoms with Crippen molar-refractivity contribution in [2.24, 2.45) is 0 Å². The molecule has 194 valence electrons.